The predicted molar refractivity (Wildman–Crippen MR) is 114 cm³/mol. The Bertz CT molecular complexity index is 819. The van der Waals surface area contributed by atoms with E-state index in [1.165, 1.54) is 5.56 Å². The Hall–Kier alpha value is -2.25. The number of nitrogens with zero attached hydrogens (tertiary/aromatic N) is 1. The maximum Gasteiger partial charge on any atom is 0.312 e. The maximum atomic E-state index is 13.1. The van der Waals surface area contributed by atoms with Crippen molar-refractivity contribution in [3.8, 4) is 0 Å². The van der Waals surface area contributed by atoms with Gasteiger partial charge in [0.25, 0.3) is 0 Å². The highest BCUT2D eigenvalue weighted by Gasteiger charge is 2.36. The van der Waals surface area contributed by atoms with Crippen molar-refractivity contribution in [2.24, 2.45) is 5.92 Å². The zero-order valence-electron chi connectivity index (χ0n) is 18.1. The molecule has 2 aromatic carbocycles. The molecule has 3 N–H and O–H groups in total. The molecule has 0 spiro atoms. The molecule has 0 aliphatic carbocycles. The molecule has 1 heterocycles. The second-order valence-corrected chi connectivity index (χ2v) is 8.85. The lowest BCUT2D eigenvalue weighted by atomic mass is 9.92. The number of morpholine rings is 1. The molecule has 0 amide bonds. The molecule has 0 bridgehead atoms. The van der Waals surface area contributed by atoms with E-state index in [2.05, 4.69) is 17.0 Å². The molecule has 2 unspecified atom stereocenters. The Balaban J connectivity index is 1.76. The van der Waals surface area contributed by atoms with Gasteiger partial charge in [-0.15, -0.1) is 0 Å². The van der Waals surface area contributed by atoms with Gasteiger partial charge in [-0.25, -0.2) is 5.21 Å². The number of benzene rings is 2. The molecule has 1 fully saturated rings. The molecule has 0 aromatic heterocycles. The van der Waals surface area contributed by atoms with E-state index in [0.29, 0.717) is 25.3 Å². The molecule has 2 aromatic rings. The molecule has 30 heavy (non-hydrogen) atoms. The second kappa shape index (κ2) is 10.2. The van der Waals surface area contributed by atoms with Crippen LogP contribution in [0.2, 0.25) is 0 Å². The van der Waals surface area contributed by atoms with Gasteiger partial charge < -0.3 is 9.47 Å². The molecule has 162 valence electrons. The fourth-order valence-corrected chi connectivity index (χ4v) is 3.76. The number of carbonyl (C=O) groups excluding carboxylic acids is 1. The van der Waals surface area contributed by atoms with E-state index in [0.717, 1.165) is 24.1 Å². The van der Waals surface area contributed by atoms with Crippen LogP contribution in [0, 0.1) is 5.92 Å². The Morgan fingerprint density at radius 1 is 1.20 bits per heavy atom. The molecule has 1 aliphatic heterocycles. The third-order valence-corrected chi connectivity index (χ3v) is 5.14. The molecular weight excluding hydrogens is 380 g/mol. The van der Waals surface area contributed by atoms with Crippen LogP contribution >= 0.6 is 0 Å². The van der Waals surface area contributed by atoms with Crippen molar-refractivity contribution in [3.05, 3.63) is 65.7 Å². The van der Waals surface area contributed by atoms with Crippen molar-refractivity contribution < 1.29 is 25.0 Å². The smallest absolute Gasteiger partial charge is 0.312 e. The number of hydrogen-bond acceptors (Lipinski definition) is 5. The largest absolute Gasteiger partial charge is 0.460 e. The second-order valence-electron chi connectivity index (χ2n) is 8.85. The number of nitrogens with two attached hydrogens (primary N) is 1. The summed E-state index contributed by atoms with van der Waals surface area (Å²) in [6, 6.07) is 17.9. The monoisotopic (exact) mass is 413 g/mol. The first kappa shape index (κ1) is 22.4. The summed E-state index contributed by atoms with van der Waals surface area (Å²) in [5, 5.41) is 9.33. The van der Waals surface area contributed by atoms with E-state index < -0.39 is 11.5 Å². The molecule has 6 heteroatoms. The number of rotatable bonds is 7. The minimum Gasteiger partial charge on any atom is -0.460 e. The summed E-state index contributed by atoms with van der Waals surface area (Å²) >= 11 is 0. The van der Waals surface area contributed by atoms with Crippen LogP contribution in [0.25, 0.3) is 0 Å². The van der Waals surface area contributed by atoms with Gasteiger partial charge in [-0.1, -0.05) is 42.5 Å². The average molecular weight is 414 g/mol. The van der Waals surface area contributed by atoms with E-state index >= 15 is 0 Å². The fourth-order valence-electron chi connectivity index (χ4n) is 3.76. The molecule has 1 saturated heterocycles. The lowest BCUT2D eigenvalue weighted by Gasteiger charge is -2.37. The Morgan fingerprint density at radius 2 is 1.93 bits per heavy atom. The molecule has 2 atom stereocenters. The summed E-state index contributed by atoms with van der Waals surface area (Å²) in [4.78, 5) is 15.4. The van der Waals surface area contributed by atoms with Gasteiger partial charge in [0.05, 0.1) is 18.6 Å². The van der Waals surface area contributed by atoms with E-state index in [4.69, 9.17) is 9.47 Å². The summed E-state index contributed by atoms with van der Waals surface area (Å²) < 4.78 is 11.8. The van der Waals surface area contributed by atoms with Gasteiger partial charge in [0.1, 0.15) is 5.60 Å². The molecule has 0 saturated carbocycles. The van der Waals surface area contributed by atoms with E-state index in [-0.39, 0.29) is 12.1 Å². The minimum atomic E-state index is -0.561. The Morgan fingerprint density at radius 3 is 2.63 bits per heavy atom. The zero-order valence-corrected chi connectivity index (χ0v) is 18.1. The quantitative estimate of drug-likeness (QED) is 0.415. The van der Waals surface area contributed by atoms with Crippen molar-refractivity contribution in [3.63, 3.8) is 0 Å². The van der Waals surface area contributed by atoms with Crippen LogP contribution in [0.1, 0.15) is 31.9 Å². The average Bonchev–Trinajstić information content (AvgIpc) is 2.72. The van der Waals surface area contributed by atoms with Gasteiger partial charge >= 0.3 is 5.97 Å². The molecule has 0 radical (unpaired) electrons. The van der Waals surface area contributed by atoms with Crippen LogP contribution in [-0.2, 0) is 27.2 Å². The number of carbonyl (C=O) groups is 1. The highest BCUT2D eigenvalue weighted by molar-refractivity contribution is 5.74. The SMILES string of the molecule is CC(C)(C)OC(=O)C(Cc1cccc([NH2+]O)c1)C1CN(Cc2ccccc2)CCO1. The van der Waals surface area contributed by atoms with Crippen LogP contribution in [0.5, 0.6) is 0 Å². The van der Waals surface area contributed by atoms with Crippen LogP contribution in [0.15, 0.2) is 54.6 Å². The highest BCUT2D eigenvalue weighted by atomic mass is 16.6. The topological polar surface area (TPSA) is 75.6 Å². The summed E-state index contributed by atoms with van der Waals surface area (Å²) in [5.74, 6) is -0.663. The number of hydrogen-bond donors (Lipinski definition) is 2. The maximum absolute atomic E-state index is 13.1. The van der Waals surface area contributed by atoms with Crippen LogP contribution in [-0.4, -0.2) is 47.5 Å². The first-order valence-electron chi connectivity index (χ1n) is 10.5. The Kier molecular flexibility index (Phi) is 7.61. The van der Waals surface area contributed by atoms with Crippen molar-refractivity contribution in [1.82, 2.24) is 4.90 Å². The predicted octanol–water partition coefficient (Wildman–Crippen LogP) is 2.67. The van der Waals surface area contributed by atoms with Crippen LogP contribution in [0.4, 0.5) is 5.69 Å². The Labute approximate surface area is 178 Å². The van der Waals surface area contributed by atoms with Crippen molar-refractivity contribution in [1.29, 1.82) is 0 Å². The lowest BCUT2D eigenvalue weighted by Crippen LogP contribution is -2.73. The number of ether oxygens (including phenoxy) is 2. The summed E-state index contributed by atoms with van der Waals surface area (Å²) in [6.07, 6.45) is 0.250. The van der Waals surface area contributed by atoms with Gasteiger partial charge in [-0.05, 0) is 38.3 Å². The van der Waals surface area contributed by atoms with E-state index in [1.807, 2.05) is 63.2 Å². The van der Waals surface area contributed by atoms with Gasteiger partial charge in [-0.3, -0.25) is 9.69 Å². The number of esters is 1. The van der Waals surface area contributed by atoms with Crippen LogP contribution < -0.4 is 5.48 Å². The van der Waals surface area contributed by atoms with E-state index in [9.17, 15) is 10.0 Å². The normalized spacial score (nSPS) is 18.7. The van der Waals surface area contributed by atoms with Gasteiger partial charge in [0, 0.05) is 31.8 Å². The molecule has 1 aliphatic rings. The first-order valence-corrected chi connectivity index (χ1v) is 10.5. The van der Waals surface area contributed by atoms with Crippen molar-refractivity contribution in [2.75, 3.05) is 19.7 Å². The summed E-state index contributed by atoms with van der Waals surface area (Å²) in [6.45, 7) is 8.57. The molecule has 3 rings (SSSR count). The van der Waals surface area contributed by atoms with Crippen LogP contribution in [0.3, 0.4) is 0 Å². The van der Waals surface area contributed by atoms with Gasteiger partial charge in [-0.2, -0.15) is 5.48 Å². The van der Waals surface area contributed by atoms with Crippen molar-refractivity contribution >= 4 is 11.7 Å². The first-order chi connectivity index (χ1) is 14.3. The fraction of sp³-hybridized carbons (Fsp3) is 0.458. The van der Waals surface area contributed by atoms with Gasteiger partial charge in [0.2, 0.25) is 0 Å². The lowest BCUT2D eigenvalue weighted by molar-refractivity contribution is -0.825. The third kappa shape index (κ3) is 6.64. The summed E-state index contributed by atoms with van der Waals surface area (Å²) in [7, 11) is 0. The standard InChI is InChI=1S/C24H32N2O4/c1-24(2,3)30-23(27)21(15-19-10-7-11-20(14-19)25-28)22-17-26(12-13-29-22)16-18-8-5-4-6-9-18/h4-11,14,21-22,25,28H,12-13,15-17H2,1-3H3/p+1. The zero-order chi connectivity index (χ0) is 21.6. The van der Waals surface area contributed by atoms with Gasteiger partial charge in [0.15, 0.2) is 5.69 Å². The van der Waals surface area contributed by atoms with E-state index in [1.54, 1.807) is 0 Å². The minimum absolute atomic E-state index is 0.243. The molecular formula is C24H33N2O4+. The highest BCUT2D eigenvalue weighted by Crippen LogP contribution is 2.24. The van der Waals surface area contributed by atoms with Crippen molar-refractivity contribution in [2.45, 2.75) is 45.4 Å². The third-order valence-electron chi connectivity index (χ3n) is 5.14. The molecule has 6 nitrogen and oxygen atoms in total. The summed E-state index contributed by atoms with van der Waals surface area (Å²) in [5.41, 5.74) is 3.44. The number of quaternary nitrogens is 1.